The quantitative estimate of drug-likeness (QED) is 0.328. The molecular formula is C31H40O8. The lowest BCUT2D eigenvalue weighted by Crippen LogP contribution is -2.71. The molecule has 2 saturated heterocycles. The molecule has 2 saturated carbocycles. The maximum absolute atomic E-state index is 13.1. The van der Waals surface area contributed by atoms with E-state index in [1.807, 2.05) is 44.2 Å². The maximum atomic E-state index is 13.1. The predicted octanol–water partition coefficient (Wildman–Crippen LogP) is 3.94. The van der Waals surface area contributed by atoms with E-state index in [2.05, 4.69) is 6.92 Å². The Balaban J connectivity index is 1.53. The standard InChI is InChI=1S/C31H40O8/c1-18-26(39-25(34)13-10-20-8-6-5-7-9-20)28(35)31(4)22(17-32)11-12-23(37-19(2)33)27(31)30(18,3)24-16-21-14-15-36-29(21)38-24/h5-10,13,17-18,21-24,26-29,35H,11-12,14-16H2,1-4H3/b13-10+/t18-,21-,22+,23-,24+,26-,27-,28+,29+,30-,31+/m1/s1. The number of esters is 2. The molecule has 212 valence electrons. The third-order valence-electron chi connectivity index (χ3n) is 10.3. The summed E-state index contributed by atoms with van der Waals surface area (Å²) in [6.45, 7) is 7.98. The van der Waals surface area contributed by atoms with Gasteiger partial charge in [0.2, 0.25) is 0 Å². The number of carbonyl (C=O) groups excluding carboxylic acids is 3. The lowest BCUT2D eigenvalue weighted by molar-refractivity contribution is -0.284. The molecule has 1 aromatic carbocycles. The number of ether oxygens (including phenoxy) is 4. The van der Waals surface area contributed by atoms with Crippen LogP contribution in [-0.2, 0) is 33.3 Å². The molecule has 1 aromatic rings. The lowest BCUT2D eigenvalue weighted by atomic mass is 9.41. The summed E-state index contributed by atoms with van der Waals surface area (Å²) in [6.07, 6.45) is 3.43. The third kappa shape index (κ3) is 4.74. The van der Waals surface area contributed by atoms with E-state index in [1.165, 1.54) is 13.0 Å². The topological polar surface area (TPSA) is 108 Å². The zero-order valence-corrected chi connectivity index (χ0v) is 23.2. The second-order valence-corrected chi connectivity index (χ2v) is 12.2. The molecule has 0 unspecified atom stereocenters. The van der Waals surface area contributed by atoms with Gasteiger partial charge in [0, 0.05) is 47.5 Å². The summed E-state index contributed by atoms with van der Waals surface area (Å²) >= 11 is 0. The molecule has 0 bridgehead atoms. The van der Waals surface area contributed by atoms with Gasteiger partial charge >= 0.3 is 11.9 Å². The molecule has 2 aliphatic carbocycles. The number of carbonyl (C=O) groups is 3. The Bertz CT molecular complexity index is 1090. The van der Waals surface area contributed by atoms with Crippen molar-refractivity contribution in [2.75, 3.05) is 6.61 Å². The highest BCUT2D eigenvalue weighted by Gasteiger charge is 2.70. The van der Waals surface area contributed by atoms with Gasteiger partial charge in [0.25, 0.3) is 0 Å². The maximum Gasteiger partial charge on any atom is 0.331 e. The lowest BCUT2D eigenvalue weighted by Gasteiger charge is -2.65. The van der Waals surface area contributed by atoms with Gasteiger partial charge in [0.15, 0.2) is 6.29 Å². The van der Waals surface area contributed by atoms with E-state index in [4.69, 9.17) is 18.9 Å². The van der Waals surface area contributed by atoms with Gasteiger partial charge in [0.1, 0.15) is 18.5 Å². The molecule has 1 N–H and O–H groups in total. The van der Waals surface area contributed by atoms with Crippen LogP contribution in [0.5, 0.6) is 0 Å². The third-order valence-corrected chi connectivity index (χ3v) is 10.3. The van der Waals surface area contributed by atoms with E-state index in [9.17, 15) is 19.5 Å². The number of fused-ring (bicyclic) bond motifs is 2. The summed E-state index contributed by atoms with van der Waals surface area (Å²) in [6, 6.07) is 9.43. The van der Waals surface area contributed by atoms with Crippen LogP contribution < -0.4 is 0 Å². The Hall–Kier alpha value is -2.55. The predicted molar refractivity (Wildman–Crippen MR) is 142 cm³/mol. The second-order valence-electron chi connectivity index (χ2n) is 12.2. The molecule has 8 heteroatoms. The van der Waals surface area contributed by atoms with Crippen LogP contribution in [0.4, 0.5) is 0 Å². The molecule has 0 amide bonds. The van der Waals surface area contributed by atoms with Crippen LogP contribution in [0.15, 0.2) is 36.4 Å². The zero-order valence-electron chi connectivity index (χ0n) is 23.2. The number of aldehydes is 1. The average molecular weight is 541 g/mol. The summed E-state index contributed by atoms with van der Waals surface area (Å²) in [5, 5.41) is 12.0. The largest absolute Gasteiger partial charge is 0.462 e. The fourth-order valence-corrected chi connectivity index (χ4v) is 8.19. The molecule has 4 fully saturated rings. The molecule has 2 aliphatic heterocycles. The van der Waals surface area contributed by atoms with Gasteiger partial charge in [-0.2, -0.15) is 0 Å². The minimum Gasteiger partial charge on any atom is -0.462 e. The SMILES string of the molecule is CC(=O)O[C@@H]1CC[C@@H](C=O)[C@@]2(C)[C@H]1[C@@](C)([C@@H]1C[C@H]3CCO[C@H]3O1)[C@H](C)[C@@H](OC(=O)/C=C/c1ccccc1)[C@@H]2O. The van der Waals surface area contributed by atoms with Crippen LogP contribution in [0.1, 0.15) is 58.9 Å². The van der Waals surface area contributed by atoms with Gasteiger partial charge in [-0.25, -0.2) is 4.79 Å². The van der Waals surface area contributed by atoms with E-state index in [-0.39, 0.29) is 24.2 Å². The van der Waals surface area contributed by atoms with Crippen LogP contribution in [0.25, 0.3) is 6.08 Å². The molecule has 0 spiro atoms. The van der Waals surface area contributed by atoms with E-state index >= 15 is 0 Å². The van der Waals surface area contributed by atoms with Crippen LogP contribution in [0.2, 0.25) is 0 Å². The van der Waals surface area contributed by atoms with E-state index in [0.29, 0.717) is 19.4 Å². The molecular weight excluding hydrogens is 500 g/mol. The first-order valence-electron chi connectivity index (χ1n) is 14.1. The summed E-state index contributed by atoms with van der Waals surface area (Å²) in [5.74, 6) is -1.99. The van der Waals surface area contributed by atoms with Gasteiger partial charge in [-0.3, -0.25) is 4.79 Å². The summed E-state index contributed by atoms with van der Waals surface area (Å²) in [5.41, 5.74) is -0.860. The van der Waals surface area contributed by atoms with Crippen molar-refractivity contribution in [1.29, 1.82) is 0 Å². The number of aliphatic hydroxyl groups is 1. The van der Waals surface area contributed by atoms with Crippen LogP contribution in [0.3, 0.4) is 0 Å². The average Bonchev–Trinajstić information content (AvgIpc) is 3.52. The van der Waals surface area contributed by atoms with Crippen molar-refractivity contribution in [3.8, 4) is 0 Å². The molecule has 2 heterocycles. The second kappa shape index (κ2) is 10.8. The number of hydrogen-bond acceptors (Lipinski definition) is 8. The van der Waals surface area contributed by atoms with Crippen LogP contribution in [-0.4, -0.2) is 60.6 Å². The van der Waals surface area contributed by atoms with Crippen molar-refractivity contribution in [3.05, 3.63) is 42.0 Å². The highest BCUT2D eigenvalue weighted by Crippen LogP contribution is 2.65. The molecule has 39 heavy (non-hydrogen) atoms. The Labute approximate surface area is 230 Å². The molecule has 0 aromatic heterocycles. The first-order valence-corrected chi connectivity index (χ1v) is 14.1. The van der Waals surface area contributed by atoms with Crippen molar-refractivity contribution < 1.29 is 38.4 Å². The van der Waals surface area contributed by atoms with Crippen molar-refractivity contribution in [3.63, 3.8) is 0 Å². The summed E-state index contributed by atoms with van der Waals surface area (Å²) < 4.78 is 24.3. The van der Waals surface area contributed by atoms with E-state index in [1.54, 1.807) is 6.08 Å². The van der Waals surface area contributed by atoms with Crippen molar-refractivity contribution in [1.82, 2.24) is 0 Å². The van der Waals surface area contributed by atoms with Gasteiger partial charge < -0.3 is 28.8 Å². The molecule has 5 rings (SSSR count). The number of rotatable bonds is 6. The molecule has 4 aliphatic rings. The molecule has 11 atom stereocenters. The monoisotopic (exact) mass is 540 g/mol. The first-order chi connectivity index (χ1) is 18.6. The van der Waals surface area contributed by atoms with Gasteiger partial charge in [-0.1, -0.05) is 51.1 Å². The molecule has 0 radical (unpaired) electrons. The number of aliphatic hydroxyl groups excluding tert-OH is 1. The van der Waals surface area contributed by atoms with Gasteiger partial charge in [-0.05, 0) is 37.3 Å². The van der Waals surface area contributed by atoms with Crippen molar-refractivity contribution >= 4 is 24.3 Å². The van der Waals surface area contributed by atoms with Gasteiger partial charge in [-0.15, -0.1) is 0 Å². The van der Waals surface area contributed by atoms with E-state index < -0.39 is 52.9 Å². The fourth-order valence-electron chi connectivity index (χ4n) is 8.19. The van der Waals surface area contributed by atoms with Crippen LogP contribution in [0, 0.1) is 34.5 Å². The Morgan fingerprint density at radius 1 is 1.08 bits per heavy atom. The first kappa shape index (κ1) is 28.0. The summed E-state index contributed by atoms with van der Waals surface area (Å²) in [7, 11) is 0. The van der Waals surface area contributed by atoms with Gasteiger partial charge in [0.05, 0.1) is 18.8 Å². The highest BCUT2D eigenvalue weighted by atomic mass is 16.7. The normalized spacial score (nSPS) is 43.5. The van der Waals surface area contributed by atoms with Crippen LogP contribution >= 0.6 is 0 Å². The fraction of sp³-hybridized carbons (Fsp3) is 0.645. The minimum absolute atomic E-state index is 0.254. The minimum atomic E-state index is -1.15. The van der Waals surface area contributed by atoms with Crippen molar-refractivity contribution in [2.24, 2.45) is 34.5 Å². The Morgan fingerprint density at radius 2 is 1.82 bits per heavy atom. The Kier molecular flexibility index (Phi) is 7.74. The number of benzene rings is 1. The van der Waals surface area contributed by atoms with Crippen molar-refractivity contribution in [2.45, 2.75) is 84.1 Å². The number of hydrogen-bond donors (Lipinski definition) is 1. The molecule has 8 nitrogen and oxygen atoms in total. The van der Waals surface area contributed by atoms with E-state index in [0.717, 1.165) is 24.7 Å². The zero-order chi connectivity index (χ0) is 27.9. The smallest absolute Gasteiger partial charge is 0.331 e. The highest BCUT2D eigenvalue weighted by molar-refractivity contribution is 5.87. The summed E-state index contributed by atoms with van der Waals surface area (Å²) in [4.78, 5) is 37.8. The Morgan fingerprint density at radius 3 is 2.49 bits per heavy atom.